The van der Waals surface area contributed by atoms with Crippen LogP contribution in [0.2, 0.25) is 5.02 Å². The van der Waals surface area contributed by atoms with Crippen LogP contribution in [-0.4, -0.2) is 4.98 Å². The van der Waals surface area contributed by atoms with Crippen molar-refractivity contribution in [3.63, 3.8) is 0 Å². The summed E-state index contributed by atoms with van der Waals surface area (Å²) in [6, 6.07) is 15.4. The molecule has 0 atom stereocenters. The molecule has 0 fully saturated rings. The Balaban J connectivity index is 2.03. The predicted molar refractivity (Wildman–Crippen MR) is 78.7 cm³/mol. The van der Waals surface area contributed by atoms with E-state index in [-0.39, 0.29) is 0 Å². The summed E-state index contributed by atoms with van der Waals surface area (Å²) in [7, 11) is 0. The molecule has 0 aliphatic rings. The first-order valence-corrected chi connectivity index (χ1v) is 6.36. The molecular weight excluding hydrogens is 258 g/mol. The molecule has 0 aliphatic carbocycles. The Kier molecular flexibility index (Phi) is 3.05. The Hall–Kier alpha value is -2.13. The van der Waals surface area contributed by atoms with Crippen molar-refractivity contribution in [1.82, 2.24) is 4.98 Å². The standard InChI is InChI=1S/C15H12ClN3/c1-10-15(13-7-2-3-8-14(13)17-10)19-18-12-6-4-5-11(16)9-12/h2-9,17H,1H3. The van der Waals surface area contributed by atoms with Crippen molar-refractivity contribution in [2.24, 2.45) is 10.2 Å². The van der Waals surface area contributed by atoms with E-state index in [2.05, 4.69) is 15.2 Å². The van der Waals surface area contributed by atoms with Crippen LogP contribution in [0.5, 0.6) is 0 Å². The normalized spacial score (nSPS) is 11.5. The number of azo groups is 1. The number of para-hydroxylation sites is 1. The van der Waals surface area contributed by atoms with Gasteiger partial charge in [0.05, 0.1) is 5.69 Å². The third kappa shape index (κ3) is 2.37. The number of aromatic amines is 1. The van der Waals surface area contributed by atoms with Crippen molar-refractivity contribution in [2.75, 3.05) is 0 Å². The summed E-state index contributed by atoms with van der Waals surface area (Å²) >= 11 is 5.92. The van der Waals surface area contributed by atoms with E-state index in [0.717, 1.165) is 28.0 Å². The Morgan fingerprint density at radius 2 is 1.84 bits per heavy atom. The Morgan fingerprint density at radius 1 is 1.00 bits per heavy atom. The van der Waals surface area contributed by atoms with Crippen LogP contribution in [0.15, 0.2) is 58.8 Å². The fourth-order valence-corrected chi connectivity index (χ4v) is 2.22. The zero-order valence-corrected chi connectivity index (χ0v) is 11.1. The fourth-order valence-electron chi connectivity index (χ4n) is 2.04. The zero-order valence-electron chi connectivity index (χ0n) is 10.4. The quantitative estimate of drug-likeness (QED) is 0.593. The van der Waals surface area contributed by atoms with Gasteiger partial charge in [0.25, 0.3) is 0 Å². The molecule has 3 rings (SSSR count). The molecule has 1 aromatic heterocycles. The monoisotopic (exact) mass is 269 g/mol. The lowest BCUT2D eigenvalue weighted by Crippen LogP contribution is -1.68. The number of hydrogen-bond donors (Lipinski definition) is 1. The number of aryl methyl sites for hydroxylation is 1. The lowest BCUT2D eigenvalue weighted by Gasteiger charge is -1.94. The molecule has 1 heterocycles. The van der Waals surface area contributed by atoms with Crippen molar-refractivity contribution < 1.29 is 0 Å². The average molecular weight is 270 g/mol. The summed E-state index contributed by atoms with van der Waals surface area (Å²) in [5, 5.41) is 10.3. The number of fused-ring (bicyclic) bond motifs is 1. The SMILES string of the molecule is Cc1[nH]c2ccccc2c1N=Nc1cccc(Cl)c1. The molecule has 2 aromatic carbocycles. The summed E-state index contributed by atoms with van der Waals surface area (Å²) in [5.41, 5.74) is 3.69. The molecule has 0 aliphatic heterocycles. The maximum atomic E-state index is 5.92. The average Bonchev–Trinajstić information content (AvgIpc) is 2.72. The highest BCUT2D eigenvalue weighted by molar-refractivity contribution is 6.30. The van der Waals surface area contributed by atoms with Gasteiger partial charge < -0.3 is 4.98 Å². The Morgan fingerprint density at radius 3 is 2.68 bits per heavy atom. The largest absolute Gasteiger partial charge is 0.357 e. The summed E-state index contributed by atoms with van der Waals surface area (Å²) in [5.74, 6) is 0. The second-order valence-electron chi connectivity index (χ2n) is 4.32. The van der Waals surface area contributed by atoms with Gasteiger partial charge in [0, 0.05) is 21.6 Å². The highest BCUT2D eigenvalue weighted by atomic mass is 35.5. The van der Waals surface area contributed by atoms with Crippen molar-refractivity contribution in [3.8, 4) is 0 Å². The van der Waals surface area contributed by atoms with Crippen molar-refractivity contribution >= 4 is 33.9 Å². The minimum absolute atomic E-state index is 0.659. The molecule has 4 heteroatoms. The van der Waals surface area contributed by atoms with E-state index >= 15 is 0 Å². The van der Waals surface area contributed by atoms with Crippen molar-refractivity contribution in [1.29, 1.82) is 0 Å². The molecule has 0 amide bonds. The molecule has 0 saturated heterocycles. The number of benzene rings is 2. The number of nitrogens with one attached hydrogen (secondary N) is 1. The molecule has 0 unspecified atom stereocenters. The van der Waals surface area contributed by atoms with E-state index in [1.807, 2.05) is 49.4 Å². The molecule has 3 aromatic rings. The van der Waals surface area contributed by atoms with E-state index in [1.54, 1.807) is 6.07 Å². The topological polar surface area (TPSA) is 40.5 Å². The molecular formula is C15H12ClN3. The van der Waals surface area contributed by atoms with Crippen molar-refractivity contribution in [2.45, 2.75) is 6.92 Å². The van der Waals surface area contributed by atoms with Gasteiger partial charge in [0.15, 0.2) is 0 Å². The van der Waals surface area contributed by atoms with E-state index < -0.39 is 0 Å². The summed E-state index contributed by atoms with van der Waals surface area (Å²) in [6.07, 6.45) is 0. The molecule has 94 valence electrons. The first-order chi connectivity index (χ1) is 9.24. The van der Waals surface area contributed by atoms with Crippen LogP contribution in [0.4, 0.5) is 11.4 Å². The second-order valence-corrected chi connectivity index (χ2v) is 4.76. The molecule has 0 bridgehead atoms. The summed E-state index contributed by atoms with van der Waals surface area (Å²) < 4.78 is 0. The summed E-state index contributed by atoms with van der Waals surface area (Å²) in [4.78, 5) is 3.29. The maximum Gasteiger partial charge on any atom is 0.114 e. The van der Waals surface area contributed by atoms with Gasteiger partial charge in [-0.25, -0.2) is 0 Å². The number of halogens is 1. The lowest BCUT2D eigenvalue weighted by molar-refractivity contribution is 1.20. The highest BCUT2D eigenvalue weighted by Gasteiger charge is 2.06. The minimum Gasteiger partial charge on any atom is -0.357 e. The maximum absolute atomic E-state index is 5.92. The van der Waals surface area contributed by atoms with Crippen LogP contribution in [0.25, 0.3) is 10.9 Å². The van der Waals surface area contributed by atoms with Crippen LogP contribution >= 0.6 is 11.6 Å². The third-order valence-electron chi connectivity index (χ3n) is 2.93. The highest BCUT2D eigenvalue weighted by Crippen LogP contribution is 2.31. The van der Waals surface area contributed by atoms with Crippen molar-refractivity contribution in [3.05, 3.63) is 59.2 Å². The van der Waals surface area contributed by atoms with Gasteiger partial charge in [-0.3, -0.25) is 0 Å². The van der Waals surface area contributed by atoms with Crippen LogP contribution in [0.3, 0.4) is 0 Å². The molecule has 0 spiro atoms. The van der Waals surface area contributed by atoms with Gasteiger partial charge in [-0.05, 0) is 31.2 Å². The zero-order chi connectivity index (χ0) is 13.2. The van der Waals surface area contributed by atoms with Gasteiger partial charge in [0.2, 0.25) is 0 Å². The number of aromatic nitrogens is 1. The van der Waals surface area contributed by atoms with Gasteiger partial charge in [-0.2, -0.15) is 5.11 Å². The fraction of sp³-hybridized carbons (Fsp3) is 0.0667. The van der Waals surface area contributed by atoms with E-state index in [4.69, 9.17) is 11.6 Å². The van der Waals surface area contributed by atoms with E-state index in [9.17, 15) is 0 Å². The molecule has 19 heavy (non-hydrogen) atoms. The number of rotatable bonds is 2. The van der Waals surface area contributed by atoms with E-state index in [1.165, 1.54) is 0 Å². The molecule has 1 N–H and O–H groups in total. The van der Waals surface area contributed by atoms with Gasteiger partial charge in [-0.15, -0.1) is 5.11 Å². The number of hydrogen-bond acceptors (Lipinski definition) is 2. The smallest absolute Gasteiger partial charge is 0.114 e. The van der Waals surface area contributed by atoms with E-state index in [0.29, 0.717) is 5.02 Å². The Bertz CT molecular complexity index is 759. The molecule has 0 saturated carbocycles. The first kappa shape index (κ1) is 11.9. The molecule has 0 radical (unpaired) electrons. The summed E-state index contributed by atoms with van der Waals surface area (Å²) in [6.45, 7) is 1.99. The lowest BCUT2D eigenvalue weighted by atomic mass is 10.2. The van der Waals surface area contributed by atoms with Crippen LogP contribution < -0.4 is 0 Å². The second kappa shape index (κ2) is 4.86. The Labute approximate surface area is 115 Å². The van der Waals surface area contributed by atoms with Gasteiger partial charge in [-0.1, -0.05) is 35.9 Å². The molecule has 3 nitrogen and oxygen atoms in total. The number of H-pyrrole nitrogens is 1. The number of nitrogens with zero attached hydrogens (tertiary/aromatic N) is 2. The predicted octanol–water partition coefficient (Wildman–Crippen LogP) is 5.55. The third-order valence-corrected chi connectivity index (χ3v) is 3.17. The van der Waals surface area contributed by atoms with Gasteiger partial charge >= 0.3 is 0 Å². The van der Waals surface area contributed by atoms with Gasteiger partial charge in [0.1, 0.15) is 5.69 Å². The first-order valence-electron chi connectivity index (χ1n) is 5.98. The van der Waals surface area contributed by atoms with Crippen LogP contribution in [-0.2, 0) is 0 Å². The van der Waals surface area contributed by atoms with Crippen LogP contribution in [0, 0.1) is 6.92 Å². The minimum atomic E-state index is 0.659. The van der Waals surface area contributed by atoms with Crippen LogP contribution in [0.1, 0.15) is 5.69 Å².